The molecule has 170 valence electrons. The minimum atomic E-state index is -4.71. The van der Waals surface area contributed by atoms with Gasteiger partial charge in [-0.3, -0.25) is 0 Å². The third-order valence-corrected chi connectivity index (χ3v) is 2.82. The van der Waals surface area contributed by atoms with Crippen molar-refractivity contribution in [3.8, 4) is 0 Å². The lowest BCUT2D eigenvalue weighted by atomic mass is 10.1. The molecule has 0 unspecified atom stereocenters. The van der Waals surface area contributed by atoms with E-state index in [0.29, 0.717) is 0 Å². The van der Waals surface area contributed by atoms with E-state index in [1.165, 1.54) is 0 Å². The number of hydrogen-bond acceptors (Lipinski definition) is 4. The Bertz CT molecular complexity index is 573. The summed E-state index contributed by atoms with van der Waals surface area (Å²) in [6, 6.07) is -1.36. The highest BCUT2D eigenvalue weighted by molar-refractivity contribution is 5.80. The molecule has 0 radical (unpaired) electrons. The summed E-state index contributed by atoms with van der Waals surface area (Å²) in [7, 11) is 0. The minimum Gasteiger partial charge on any atom is -0.480 e. The molecule has 0 aromatic carbocycles. The predicted molar refractivity (Wildman–Crippen MR) is 90.4 cm³/mol. The number of carbonyl (C=O) groups excluding carboxylic acids is 1. The first-order valence-corrected chi connectivity index (χ1v) is 8.36. The Morgan fingerprint density at radius 3 is 2.07 bits per heavy atom. The van der Waals surface area contributed by atoms with Crippen LogP contribution in [0.2, 0.25) is 0 Å². The highest BCUT2D eigenvalue weighted by Gasteiger charge is 2.29. The van der Waals surface area contributed by atoms with E-state index < -0.39 is 55.1 Å². The van der Waals surface area contributed by atoms with Gasteiger partial charge in [-0.1, -0.05) is 0 Å². The van der Waals surface area contributed by atoms with Crippen molar-refractivity contribution in [1.29, 1.82) is 0 Å². The van der Waals surface area contributed by atoms with Crippen molar-refractivity contribution < 1.29 is 45.8 Å². The second-order valence-corrected chi connectivity index (χ2v) is 6.85. The van der Waals surface area contributed by atoms with E-state index in [1.807, 2.05) is 0 Å². The zero-order valence-corrected chi connectivity index (χ0v) is 16.0. The second-order valence-electron chi connectivity index (χ2n) is 6.85. The van der Waals surface area contributed by atoms with Crippen molar-refractivity contribution >= 4 is 18.0 Å². The number of alkyl carbamates (subject to hydrolysis) is 1. The van der Waals surface area contributed by atoms with Crippen LogP contribution in [0.25, 0.3) is 0 Å². The molecule has 0 bridgehead atoms. The average Bonchev–Trinajstić information content (AvgIpc) is 2.48. The van der Waals surface area contributed by atoms with Crippen LogP contribution in [0.1, 0.15) is 33.6 Å². The van der Waals surface area contributed by atoms with Crippen molar-refractivity contribution in [3.63, 3.8) is 0 Å². The fourth-order valence-electron chi connectivity index (χ4n) is 1.75. The summed E-state index contributed by atoms with van der Waals surface area (Å²) < 4.78 is 78.2. The Morgan fingerprint density at radius 2 is 1.62 bits per heavy atom. The normalized spacial score (nSPS) is 14.2. The lowest BCUT2D eigenvalue weighted by Crippen LogP contribution is -2.45. The number of aliphatic carboxylic acids is 1. The smallest absolute Gasteiger partial charge is 0.408 e. The molecule has 0 aliphatic carbocycles. The van der Waals surface area contributed by atoms with E-state index in [-0.39, 0.29) is 19.4 Å². The molecule has 0 spiro atoms. The molecule has 1 amide bonds. The highest BCUT2D eigenvalue weighted by atomic mass is 19.4. The van der Waals surface area contributed by atoms with Crippen LogP contribution < -0.4 is 16.0 Å². The predicted octanol–water partition coefficient (Wildman–Crippen LogP) is 2.40. The molecule has 0 rings (SSSR count). The van der Waals surface area contributed by atoms with Gasteiger partial charge in [0, 0.05) is 6.54 Å². The number of halogens is 6. The molecule has 0 aromatic rings. The van der Waals surface area contributed by atoms with E-state index in [0.717, 1.165) is 0 Å². The standard InChI is InChI=1S/C15H24F6N4O4/c1-13(2,3)29-12(28)25-9(10(26)27)5-4-6-22-11(23-7-14(16,17)18)24-8-15(19,20)21/h9H,4-8H2,1-3H3,(H,25,28)(H,26,27)(H2,22,23,24)/t9-/m1/s1. The molecule has 0 aliphatic heterocycles. The molecular formula is C15H24F6N4O4. The molecule has 0 aliphatic rings. The maximum atomic E-state index is 12.2. The van der Waals surface area contributed by atoms with Crippen molar-refractivity contribution in [1.82, 2.24) is 16.0 Å². The fraction of sp³-hybridized carbons (Fsp3) is 0.800. The lowest BCUT2D eigenvalue weighted by Gasteiger charge is -2.22. The third-order valence-electron chi connectivity index (χ3n) is 2.82. The van der Waals surface area contributed by atoms with Crippen molar-refractivity contribution in [2.24, 2.45) is 4.99 Å². The van der Waals surface area contributed by atoms with E-state index in [2.05, 4.69) is 15.6 Å². The van der Waals surface area contributed by atoms with E-state index in [1.54, 1.807) is 26.1 Å². The van der Waals surface area contributed by atoms with Gasteiger partial charge in [0.15, 0.2) is 5.96 Å². The minimum absolute atomic E-state index is 0.00843. The molecule has 29 heavy (non-hydrogen) atoms. The Labute approximate surface area is 163 Å². The summed E-state index contributed by atoms with van der Waals surface area (Å²) in [6.45, 7) is 1.22. The number of hydrogen-bond donors (Lipinski definition) is 4. The first-order valence-electron chi connectivity index (χ1n) is 8.36. The van der Waals surface area contributed by atoms with Gasteiger partial charge in [-0.15, -0.1) is 0 Å². The Hall–Kier alpha value is -2.41. The molecule has 4 N–H and O–H groups in total. The Balaban J connectivity index is 4.67. The highest BCUT2D eigenvalue weighted by Crippen LogP contribution is 2.15. The monoisotopic (exact) mass is 438 g/mol. The molecular weight excluding hydrogens is 414 g/mol. The lowest BCUT2D eigenvalue weighted by molar-refractivity contribution is -0.139. The molecule has 1 atom stereocenters. The van der Waals surface area contributed by atoms with Gasteiger partial charge in [0.05, 0.1) is 0 Å². The van der Waals surface area contributed by atoms with Crippen LogP contribution in [0.5, 0.6) is 0 Å². The Kier molecular flexibility index (Phi) is 10.0. The number of alkyl halides is 6. The van der Waals surface area contributed by atoms with Crippen LogP contribution in [0.15, 0.2) is 4.99 Å². The summed E-state index contributed by atoms with van der Waals surface area (Å²) in [4.78, 5) is 25.8. The van der Waals surface area contributed by atoms with Gasteiger partial charge in [-0.2, -0.15) is 26.3 Å². The van der Waals surface area contributed by atoms with Crippen molar-refractivity contribution in [2.45, 2.75) is 57.6 Å². The Morgan fingerprint density at radius 1 is 1.03 bits per heavy atom. The van der Waals surface area contributed by atoms with Gasteiger partial charge in [0.2, 0.25) is 0 Å². The molecule has 0 heterocycles. The van der Waals surface area contributed by atoms with E-state index in [9.17, 15) is 35.9 Å². The number of ether oxygens (including phenoxy) is 1. The molecule has 0 saturated heterocycles. The number of nitrogens with one attached hydrogen (secondary N) is 3. The van der Waals surface area contributed by atoms with Crippen LogP contribution in [0.4, 0.5) is 31.1 Å². The number of amides is 1. The maximum absolute atomic E-state index is 12.2. The number of carboxylic acids is 1. The number of guanidine groups is 1. The molecule has 8 nitrogen and oxygen atoms in total. The zero-order chi connectivity index (χ0) is 22.9. The number of aliphatic imine (C=N–C) groups is 1. The molecule has 0 saturated carbocycles. The molecule has 0 fully saturated rings. The van der Waals surface area contributed by atoms with Crippen LogP contribution in [0.3, 0.4) is 0 Å². The van der Waals surface area contributed by atoms with Crippen LogP contribution in [-0.2, 0) is 9.53 Å². The fourth-order valence-corrected chi connectivity index (χ4v) is 1.75. The summed E-state index contributed by atoms with van der Waals surface area (Å²) in [6.07, 6.45) is -10.5. The van der Waals surface area contributed by atoms with Crippen molar-refractivity contribution in [3.05, 3.63) is 0 Å². The summed E-state index contributed by atoms with van der Waals surface area (Å²) in [5.41, 5.74) is -0.858. The SMILES string of the molecule is CC(C)(C)OC(=O)N[C@H](CCCNC(=NCC(F)(F)F)NCC(F)(F)F)C(=O)O. The van der Waals surface area contributed by atoms with E-state index >= 15 is 0 Å². The van der Waals surface area contributed by atoms with Crippen LogP contribution in [0, 0.1) is 0 Å². The van der Waals surface area contributed by atoms with E-state index in [4.69, 9.17) is 9.84 Å². The number of carbonyl (C=O) groups is 2. The largest absolute Gasteiger partial charge is 0.480 e. The summed E-state index contributed by atoms with van der Waals surface area (Å²) >= 11 is 0. The van der Waals surface area contributed by atoms with Gasteiger partial charge in [-0.25, -0.2) is 14.6 Å². The van der Waals surface area contributed by atoms with Gasteiger partial charge in [0.25, 0.3) is 0 Å². The average molecular weight is 438 g/mol. The quantitative estimate of drug-likeness (QED) is 0.200. The topological polar surface area (TPSA) is 112 Å². The zero-order valence-electron chi connectivity index (χ0n) is 16.0. The van der Waals surface area contributed by atoms with Gasteiger partial charge in [0.1, 0.15) is 24.7 Å². The van der Waals surface area contributed by atoms with Crippen LogP contribution in [-0.4, -0.2) is 66.8 Å². The number of nitrogens with zero attached hydrogens (tertiary/aromatic N) is 1. The van der Waals surface area contributed by atoms with Gasteiger partial charge >= 0.3 is 24.4 Å². The first-order chi connectivity index (χ1) is 13.0. The van der Waals surface area contributed by atoms with Crippen LogP contribution >= 0.6 is 0 Å². The summed E-state index contributed by atoms with van der Waals surface area (Å²) in [5, 5.41) is 15.2. The van der Waals surface area contributed by atoms with Gasteiger partial charge in [-0.05, 0) is 33.6 Å². The van der Waals surface area contributed by atoms with Gasteiger partial charge < -0.3 is 25.8 Å². The molecule has 14 heteroatoms. The number of rotatable bonds is 8. The van der Waals surface area contributed by atoms with Crippen molar-refractivity contribution in [2.75, 3.05) is 19.6 Å². The molecule has 0 aromatic heterocycles. The maximum Gasteiger partial charge on any atom is 0.408 e. The second kappa shape index (κ2) is 11.0. The summed E-state index contributed by atoms with van der Waals surface area (Å²) in [5.74, 6) is -2.11. The third kappa shape index (κ3) is 16.3. The number of carboxylic acid groups (broad SMARTS) is 1. The first kappa shape index (κ1) is 26.6.